The van der Waals surface area contributed by atoms with Gasteiger partial charge in [-0.2, -0.15) is 0 Å². The average molecular weight is 271 g/mol. The SMILES string of the molecule is COc1cccc(NC(=O)c2cn3c(n2)CCCC3)c1. The third kappa shape index (κ3) is 2.52. The number of rotatable bonds is 3. The summed E-state index contributed by atoms with van der Waals surface area (Å²) in [5, 5.41) is 2.85. The largest absolute Gasteiger partial charge is 0.497 e. The topological polar surface area (TPSA) is 56.1 Å². The molecule has 0 saturated carbocycles. The van der Waals surface area contributed by atoms with Gasteiger partial charge >= 0.3 is 0 Å². The van der Waals surface area contributed by atoms with Crippen molar-refractivity contribution in [1.29, 1.82) is 0 Å². The van der Waals surface area contributed by atoms with E-state index in [0.29, 0.717) is 17.1 Å². The van der Waals surface area contributed by atoms with E-state index in [1.807, 2.05) is 24.4 Å². The fraction of sp³-hybridized carbons (Fsp3) is 0.333. The van der Waals surface area contributed by atoms with Gasteiger partial charge in [-0.3, -0.25) is 4.79 Å². The van der Waals surface area contributed by atoms with E-state index in [-0.39, 0.29) is 5.91 Å². The molecule has 5 nitrogen and oxygen atoms in total. The van der Waals surface area contributed by atoms with E-state index in [9.17, 15) is 4.79 Å². The normalized spacial score (nSPS) is 13.7. The number of nitrogens with one attached hydrogen (secondary N) is 1. The van der Waals surface area contributed by atoms with E-state index >= 15 is 0 Å². The number of carbonyl (C=O) groups is 1. The number of carbonyl (C=O) groups excluding carboxylic acids is 1. The molecule has 1 aliphatic rings. The van der Waals surface area contributed by atoms with Crippen LogP contribution in [0.2, 0.25) is 0 Å². The molecular formula is C15H17N3O2. The quantitative estimate of drug-likeness (QED) is 0.933. The Kier molecular flexibility index (Phi) is 3.41. The zero-order chi connectivity index (χ0) is 13.9. The molecule has 1 amide bonds. The summed E-state index contributed by atoms with van der Waals surface area (Å²) in [6.45, 7) is 0.953. The summed E-state index contributed by atoms with van der Waals surface area (Å²) >= 11 is 0. The summed E-state index contributed by atoms with van der Waals surface area (Å²) in [6.07, 6.45) is 5.09. The van der Waals surface area contributed by atoms with Gasteiger partial charge in [0.25, 0.3) is 5.91 Å². The Labute approximate surface area is 117 Å². The van der Waals surface area contributed by atoms with Crippen molar-refractivity contribution >= 4 is 11.6 Å². The van der Waals surface area contributed by atoms with Gasteiger partial charge in [0.2, 0.25) is 0 Å². The first-order chi connectivity index (χ1) is 9.76. The van der Waals surface area contributed by atoms with Crippen molar-refractivity contribution in [2.24, 2.45) is 0 Å². The Hall–Kier alpha value is -2.30. The van der Waals surface area contributed by atoms with E-state index in [2.05, 4.69) is 14.9 Å². The molecule has 0 atom stereocenters. The number of fused-ring (bicyclic) bond motifs is 1. The maximum Gasteiger partial charge on any atom is 0.275 e. The third-order valence-corrected chi connectivity index (χ3v) is 3.47. The van der Waals surface area contributed by atoms with Crippen molar-refractivity contribution in [3.8, 4) is 5.75 Å². The second kappa shape index (κ2) is 5.36. The van der Waals surface area contributed by atoms with Crippen LogP contribution in [0.25, 0.3) is 0 Å². The monoisotopic (exact) mass is 271 g/mol. The molecule has 0 spiro atoms. The number of benzene rings is 1. The number of amides is 1. The predicted molar refractivity (Wildman–Crippen MR) is 76.1 cm³/mol. The highest BCUT2D eigenvalue weighted by molar-refractivity contribution is 6.02. The Bertz CT molecular complexity index is 610. The molecule has 0 radical (unpaired) electrons. The number of nitrogens with zero attached hydrogens (tertiary/aromatic N) is 2. The number of hydrogen-bond donors (Lipinski definition) is 1. The van der Waals surface area contributed by atoms with E-state index in [1.54, 1.807) is 13.2 Å². The molecular weight excluding hydrogens is 254 g/mol. The van der Waals surface area contributed by atoms with E-state index in [4.69, 9.17) is 4.74 Å². The summed E-state index contributed by atoms with van der Waals surface area (Å²) in [6, 6.07) is 7.29. The van der Waals surface area contributed by atoms with Crippen LogP contribution in [0.3, 0.4) is 0 Å². The van der Waals surface area contributed by atoms with Crippen LogP contribution in [0.15, 0.2) is 30.5 Å². The first kappa shape index (κ1) is 12.7. The fourth-order valence-corrected chi connectivity index (χ4v) is 2.42. The molecule has 2 heterocycles. The number of anilines is 1. The van der Waals surface area contributed by atoms with Crippen molar-refractivity contribution in [2.45, 2.75) is 25.8 Å². The number of imidazole rings is 1. The van der Waals surface area contributed by atoms with Gasteiger partial charge in [-0.25, -0.2) is 4.98 Å². The molecule has 5 heteroatoms. The van der Waals surface area contributed by atoms with Gasteiger partial charge in [-0.1, -0.05) is 6.07 Å². The van der Waals surface area contributed by atoms with Crippen LogP contribution < -0.4 is 10.1 Å². The molecule has 0 bridgehead atoms. The number of aromatic nitrogens is 2. The van der Waals surface area contributed by atoms with Gasteiger partial charge < -0.3 is 14.6 Å². The van der Waals surface area contributed by atoms with Gasteiger partial charge in [0, 0.05) is 30.9 Å². The summed E-state index contributed by atoms with van der Waals surface area (Å²) < 4.78 is 7.21. The third-order valence-electron chi connectivity index (χ3n) is 3.47. The highest BCUT2D eigenvalue weighted by Crippen LogP contribution is 2.18. The zero-order valence-corrected chi connectivity index (χ0v) is 11.4. The van der Waals surface area contributed by atoms with Crippen molar-refractivity contribution in [3.63, 3.8) is 0 Å². The van der Waals surface area contributed by atoms with Crippen LogP contribution in [-0.2, 0) is 13.0 Å². The smallest absolute Gasteiger partial charge is 0.275 e. The van der Waals surface area contributed by atoms with Crippen LogP contribution in [0.1, 0.15) is 29.2 Å². The summed E-state index contributed by atoms with van der Waals surface area (Å²) in [4.78, 5) is 16.6. The van der Waals surface area contributed by atoms with Crippen molar-refractivity contribution in [3.05, 3.63) is 42.0 Å². The molecule has 0 fully saturated rings. The molecule has 0 saturated heterocycles. The molecule has 20 heavy (non-hydrogen) atoms. The van der Waals surface area contributed by atoms with Gasteiger partial charge in [0.05, 0.1) is 7.11 Å². The Balaban J connectivity index is 1.77. The highest BCUT2D eigenvalue weighted by Gasteiger charge is 2.16. The zero-order valence-electron chi connectivity index (χ0n) is 11.4. The highest BCUT2D eigenvalue weighted by atomic mass is 16.5. The summed E-state index contributed by atoms with van der Waals surface area (Å²) in [5.74, 6) is 1.54. The second-order valence-electron chi connectivity index (χ2n) is 4.88. The Morgan fingerprint density at radius 3 is 3.10 bits per heavy atom. The average Bonchev–Trinajstić information content (AvgIpc) is 2.91. The maximum atomic E-state index is 12.2. The van der Waals surface area contributed by atoms with Crippen LogP contribution >= 0.6 is 0 Å². The van der Waals surface area contributed by atoms with Gasteiger partial charge in [-0.15, -0.1) is 0 Å². The van der Waals surface area contributed by atoms with E-state index < -0.39 is 0 Å². The van der Waals surface area contributed by atoms with Crippen LogP contribution in [0, 0.1) is 0 Å². The number of hydrogen-bond acceptors (Lipinski definition) is 3. The molecule has 1 N–H and O–H groups in total. The second-order valence-corrected chi connectivity index (χ2v) is 4.88. The lowest BCUT2D eigenvalue weighted by Crippen LogP contribution is -2.12. The van der Waals surface area contributed by atoms with Crippen molar-refractivity contribution in [1.82, 2.24) is 9.55 Å². The molecule has 1 aromatic heterocycles. The lowest BCUT2D eigenvalue weighted by molar-refractivity contribution is 0.102. The molecule has 3 rings (SSSR count). The first-order valence-electron chi connectivity index (χ1n) is 6.78. The van der Waals surface area contributed by atoms with E-state index in [1.165, 1.54) is 0 Å². The molecule has 2 aromatic rings. The van der Waals surface area contributed by atoms with Gasteiger partial charge in [0.15, 0.2) is 0 Å². The van der Waals surface area contributed by atoms with Crippen LogP contribution in [-0.4, -0.2) is 22.6 Å². The summed E-state index contributed by atoms with van der Waals surface area (Å²) in [5.41, 5.74) is 1.19. The lowest BCUT2D eigenvalue weighted by Gasteiger charge is -2.11. The summed E-state index contributed by atoms with van der Waals surface area (Å²) in [7, 11) is 1.60. The molecule has 1 aromatic carbocycles. The molecule has 1 aliphatic heterocycles. The minimum Gasteiger partial charge on any atom is -0.497 e. The van der Waals surface area contributed by atoms with Crippen molar-refractivity contribution in [2.75, 3.05) is 12.4 Å². The molecule has 0 aliphatic carbocycles. The predicted octanol–water partition coefficient (Wildman–Crippen LogP) is 2.48. The Morgan fingerprint density at radius 2 is 2.30 bits per heavy atom. The number of ether oxygens (including phenoxy) is 1. The Morgan fingerprint density at radius 1 is 1.40 bits per heavy atom. The first-order valence-corrected chi connectivity index (χ1v) is 6.78. The van der Waals surface area contributed by atoms with Gasteiger partial charge in [-0.05, 0) is 25.0 Å². The number of methoxy groups -OCH3 is 1. The fourth-order valence-electron chi connectivity index (χ4n) is 2.42. The van der Waals surface area contributed by atoms with Crippen LogP contribution in [0.4, 0.5) is 5.69 Å². The van der Waals surface area contributed by atoms with Crippen molar-refractivity contribution < 1.29 is 9.53 Å². The minimum atomic E-state index is -0.180. The minimum absolute atomic E-state index is 0.180. The van der Waals surface area contributed by atoms with E-state index in [0.717, 1.165) is 31.6 Å². The van der Waals surface area contributed by atoms with Crippen LogP contribution in [0.5, 0.6) is 5.75 Å². The number of aryl methyl sites for hydroxylation is 2. The van der Waals surface area contributed by atoms with Gasteiger partial charge in [0.1, 0.15) is 17.3 Å². The lowest BCUT2D eigenvalue weighted by atomic mass is 10.2. The molecule has 104 valence electrons. The molecule has 0 unspecified atom stereocenters. The standard InChI is InChI=1S/C15H17N3O2/c1-20-12-6-4-5-11(9-12)16-15(19)13-10-18-8-3-2-7-14(18)17-13/h4-6,9-10H,2-3,7-8H2,1H3,(H,16,19). The maximum absolute atomic E-state index is 12.2.